The number of anilines is 2. The molecule has 0 radical (unpaired) electrons. The number of nitrogens with one attached hydrogen (secondary N) is 1. The Hall–Kier alpha value is -2.93. The van der Waals surface area contributed by atoms with Gasteiger partial charge in [-0.2, -0.15) is 0 Å². The van der Waals surface area contributed by atoms with E-state index in [4.69, 9.17) is 14.2 Å². The van der Waals surface area contributed by atoms with E-state index >= 15 is 0 Å². The zero-order valence-electron chi connectivity index (χ0n) is 15.9. The number of aryl methyl sites for hydroxylation is 1. The molecule has 6 nitrogen and oxygen atoms in total. The van der Waals surface area contributed by atoms with Crippen molar-refractivity contribution in [2.24, 2.45) is 0 Å². The number of methoxy groups -OCH3 is 1. The molecule has 2 heterocycles. The maximum absolute atomic E-state index is 13.9. The summed E-state index contributed by atoms with van der Waals surface area (Å²) in [6, 6.07) is 8.84. The molecule has 7 heteroatoms. The first kappa shape index (κ1) is 18.4. The number of fused-ring (bicyclic) bond motifs is 1. The van der Waals surface area contributed by atoms with Crippen LogP contribution in [0.15, 0.2) is 36.7 Å². The molecule has 3 aromatic rings. The van der Waals surface area contributed by atoms with Crippen molar-refractivity contribution in [1.29, 1.82) is 0 Å². The van der Waals surface area contributed by atoms with Crippen LogP contribution in [0.1, 0.15) is 18.4 Å². The van der Waals surface area contributed by atoms with Crippen LogP contribution in [0.5, 0.6) is 11.5 Å². The highest BCUT2D eigenvalue weighted by molar-refractivity contribution is 5.91. The van der Waals surface area contributed by atoms with Gasteiger partial charge in [0.25, 0.3) is 0 Å². The second kappa shape index (κ2) is 7.98. The summed E-state index contributed by atoms with van der Waals surface area (Å²) < 4.78 is 30.5. The van der Waals surface area contributed by atoms with Gasteiger partial charge in [0, 0.05) is 30.0 Å². The van der Waals surface area contributed by atoms with Gasteiger partial charge in [-0.25, -0.2) is 14.4 Å². The molecule has 0 amide bonds. The van der Waals surface area contributed by atoms with E-state index < -0.39 is 5.82 Å². The van der Waals surface area contributed by atoms with Crippen LogP contribution in [0.4, 0.5) is 15.9 Å². The van der Waals surface area contributed by atoms with Crippen LogP contribution in [0.25, 0.3) is 10.9 Å². The van der Waals surface area contributed by atoms with E-state index in [-0.39, 0.29) is 11.9 Å². The van der Waals surface area contributed by atoms with Crippen molar-refractivity contribution in [2.75, 3.05) is 25.6 Å². The first-order valence-electron chi connectivity index (χ1n) is 9.24. The third-order valence-corrected chi connectivity index (χ3v) is 4.81. The maximum Gasteiger partial charge on any atom is 0.167 e. The minimum atomic E-state index is -0.454. The van der Waals surface area contributed by atoms with Crippen molar-refractivity contribution in [3.8, 4) is 11.5 Å². The van der Waals surface area contributed by atoms with Gasteiger partial charge in [-0.15, -0.1) is 0 Å². The summed E-state index contributed by atoms with van der Waals surface area (Å²) in [7, 11) is 1.43. The molecule has 1 aliphatic heterocycles. The van der Waals surface area contributed by atoms with Gasteiger partial charge in [0.1, 0.15) is 24.0 Å². The fraction of sp³-hybridized carbons (Fsp3) is 0.333. The number of rotatable bonds is 5. The van der Waals surface area contributed by atoms with Crippen molar-refractivity contribution in [3.05, 3.63) is 48.0 Å². The third kappa shape index (κ3) is 3.84. The van der Waals surface area contributed by atoms with E-state index in [0.29, 0.717) is 16.7 Å². The van der Waals surface area contributed by atoms with Crippen molar-refractivity contribution < 1.29 is 18.6 Å². The Balaban J connectivity index is 1.58. The Morgan fingerprint density at radius 1 is 1.11 bits per heavy atom. The number of hydrogen-bond donors (Lipinski definition) is 1. The summed E-state index contributed by atoms with van der Waals surface area (Å²) in [6.45, 7) is 3.50. The van der Waals surface area contributed by atoms with Gasteiger partial charge in [-0.1, -0.05) is 0 Å². The van der Waals surface area contributed by atoms with Crippen LogP contribution in [0, 0.1) is 12.7 Å². The quantitative estimate of drug-likeness (QED) is 0.705. The molecule has 0 saturated carbocycles. The summed E-state index contributed by atoms with van der Waals surface area (Å²) in [5.74, 6) is 1.15. The molecule has 4 rings (SSSR count). The minimum Gasteiger partial charge on any atom is -0.494 e. The molecule has 1 N–H and O–H groups in total. The van der Waals surface area contributed by atoms with Crippen molar-refractivity contribution in [2.45, 2.75) is 25.9 Å². The van der Waals surface area contributed by atoms with Gasteiger partial charge >= 0.3 is 0 Å². The topological polar surface area (TPSA) is 65.5 Å². The number of hydrogen-bond acceptors (Lipinski definition) is 6. The summed E-state index contributed by atoms with van der Waals surface area (Å²) in [5.41, 5.74) is 2.39. The van der Waals surface area contributed by atoms with Gasteiger partial charge < -0.3 is 19.5 Å². The Morgan fingerprint density at radius 2 is 1.93 bits per heavy atom. The second-order valence-corrected chi connectivity index (χ2v) is 6.76. The zero-order valence-corrected chi connectivity index (χ0v) is 15.9. The maximum atomic E-state index is 13.9. The molecule has 2 aromatic carbocycles. The lowest BCUT2D eigenvalue weighted by molar-refractivity contribution is 0.0253. The molecule has 146 valence electrons. The predicted molar refractivity (Wildman–Crippen MR) is 105 cm³/mol. The largest absolute Gasteiger partial charge is 0.494 e. The molecule has 28 heavy (non-hydrogen) atoms. The van der Waals surface area contributed by atoms with Gasteiger partial charge in [-0.3, -0.25) is 0 Å². The van der Waals surface area contributed by atoms with E-state index in [1.165, 1.54) is 19.5 Å². The lowest BCUT2D eigenvalue weighted by atomic mass is 10.1. The molecule has 1 aliphatic rings. The number of benzene rings is 2. The standard InChI is InChI=1S/C21H22FN3O3/c1-13-9-14(3-4-19(13)28-15-5-7-27-8-6-15)25-21-16-10-20(26-2)17(22)11-18(16)23-12-24-21/h3-4,9-12,15H,5-8H2,1-2H3,(H,23,24,25). The van der Waals surface area contributed by atoms with E-state index in [1.807, 2.05) is 25.1 Å². The van der Waals surface area contributed by atoms with Crippen LogP contribution in [-0.4, -0.2) is 36.4 Å². The molecule has 1 aromatic heterocycles. The highest BCUT2D eigenvalue weighted by atomic mass is 19.1. The first-order chi connectivity index (χ1) is 13.6. The normalized spacial score (nSPS) is 14.8. The molecule has 1 fully saturated rings. The summed E-state index contributed by atoms with van der Waals surface area (Å²) in [6.07, 6.45) is 3.42. The van der Waals surface area contributed by atoms with Crippen LogP contribution >= 0.6 is 0 Å². The average molecular weight is 383 g/mol. The molecule has 0 spiro atoms. The molecule has 0 bridgehead atoms. The number of ether oxygens (including phenoxy) is 3. The van der Waals surface area contributed by atoms with Crippen LogP contribution < -0.4 is 14.8 Å². The second-order valence-electron chi connectivity index (χ2n) is 6.76. The van der Waals surface area contributed by atoms with Gasteiger partial charge in [0.05, 0.1) is 25.8 Å². The van der Waals surface area contributed by atoms with Crippen LogP contribution in [0.3, 0.4) is 0 Å². The molecule has 0 aliphatic carbocycles. The fourth-order valence-corrected chi connectivity index (χ4v) is 3.28. The fourth-order valence-electron chi connectivity index (χ4n) is 3.28. The lowest BCUT2D eigenvalue weighted by Gasteiger charge is -2.24. The Morgan fingerprint density at radius 3 is 2.68 bits per heavy atom. The highest BCUT2D eigenvalue weighted by Gasteiger charge is 2.16. The van der Waals surface area contributed by atoms with E-state index in [2.05, 4.69) is 15.3 Å². The summed E-state index contributed by atoms with van der Waals surface area (Å²) in [5, 5.41) is 3.97. The van der Waals surface area contributed by atoms with Crippen LogP contribution in [-0.2, 0) is 4.74 Å². The Bertz CT molecular complexity index is 990. The molecular formula is C21H22FN3O3. The molecule has 0 atom stereocenters. The van der Waals surface area contributed by atoms with E-state index in [9.17, 15) is 4.39 Å². The Labute approximate surface area is 162 Å². The minimum absolute atomic E-state index is 0.154. The van der Waals surface area contributed by atoms with Gasteiger partial charge in [0.2, 0.25) is 0 Å². The van der Waals surface area contributed by atoms with Crippen molar-refractivity contribution in [1.82, 2.24) is 9.97 Å². The van der Waals surface area contributed by atoms with E-state index in [1.54, 1.807) is 6.07 Å². The van der Waals surface area contributed by atoms with Gasteiger partial charge in [-0.05, 0) is 36.8 Å². The average Bonchev–Trinajstić information content (AvgIpc) is 2.70. The molecule has 1 saturated heterocycles. The number of aromatic nitrogens is 2. The van der Waals surface area contributed by atoms with Crippen molar-refractivity contribution >= 4 is 22.4 Å². The number of halogens is 1. The highest BCUT2D eigenvalue weighted by Crippen LogP contribution is 2.31. The third-order valence-electron chi connectivity index (χ3n) is 4.81. The predicted octanol–water partition coefficient (Wildman–Crippen LogP) is 4.39. The first-order valence-corrected chi connectivity index (χ1v) is 9.24. The molecule has 0 unspecified atom stereocenters. The number of nitrogens with zero attached hydrogens (tertiary/aromatic N) is 2. The van der Waals surface area contributed by atoms with E-state index in [0.717, 1.165) is 43.1 Å². The molecular weight excluding hydrogens is 361 g/mol. The smallest absolute Gasteiger partial charge is 0.167 e. The summed E-state index contributed by atoms with van der Waals surface area (Å²) in [4.78, 5) is 8.45. The zero-order chi connectivity index (χ0) is 19.5. The lowest BCUT2D eigenvalue weighted by Crippen LogP contribution is -2.26. The summed E-state index contributed by atoms with van der Waals surface area (Å²) >= 11 is 0. The monoisotopic (exact) mass is 383 g/mol. The van der Waals surface area contributed by atoms with Crippen molar-refractivity contribution in [3.63, 3.8) is 0 Å². The van der Waals surface area contributed by atoms with Gasteiger partial charge in [0.15, 0.2) is 11.6 Å². The SMILES string of the molecule is COc1cc2c(Nc3ccc(OC4CCOCC4)c(C)c3)ncnc2cc1F. The van der Waals surface area contributed by atoms with Crippen LogP contribution in [0.2, 0.25) is 0 Å². The Kier molecular flexibility index (Phi) is 5.25.